The van der Waals surface area contributed by atoms with Gasteiger partial charge in [-0.05, 0) is 56.4 Å². The molecule has 2 aromatic heterocycles. The van der Waals surface area contributed by atoms with Crippen LogP contribution in [0.15, 0.2) is 23.4 Å². The summed E-state index contributed by atoms with van der Waals surface area (Å²) in [5.74, 6) is 1.53. The Hall–Kier alpha value is -2.65. The summed E-state index contributed by atoms with van der Waals surface area (Å²) in [5.41, 5.74) is 3.00. The first kappa shape index (κ1) is 21.2. The molecule has 1 unspecified atom stereocenters. The summed E-state index contributed by atoms with van der Waals surface area (Å²) in [6, 6.07) is 4.03. The van der Waals surface area contributed by atoms with E-state index in [1.807, 2.05) is 26.0 Å². The van der Waals surface area contributed by atoms with Crippen LogP contribution in [0.5, 0.6) is 5.75 Å². The van der Waals surface area contributed by atoms with Crippen molar-refractivity contribution in [3.8, 4) is 5.75 Å². The Morgan fingerprint density at radius 2 is 2.12 bits per heavy atom. The van der Waals surface area contributed by atoms with E-state index in [-0.39, 0.29) is 23.0 Å². The van der Waals surface area contributed by atoms with Crippen LogP contribution < -0.4 is 15.4 Å². The molecule has 0 saturated heterocycles. The zero-order chi connectivity index (χ0) is 22.4. The van der Waals surface area contributed by atoms with Crippen LogP contribution in [0, 0.1) is 5.92 Å². The van der Waals surface area contributed by atoms with Crippen molar-refractivity contribution < 1.29 is 14.3 Å². The Morgan fingerprint density at radius 3 is 2.91 bits per heavy atom. The van der Waals surface area contributed by atoms with Gasteiger partial charge in [-0.25, -0.2) is 9.97 Å². The van der Waals surface area contributed by atoms with Gasteiger partial charge in [-0.2, -0.15) is 0 Å². The van der Waals surface area contributed by atoms with Crippen molar-refractivity contribution >= 4 is 55.8 Å². The van der Waals surface area contributed by atoms with Gasteiger partial charge in [-0.15, -0.1) is 11.3 Å². The van der Waals surface area contributed by atoms with E-state index in [9.17, 15) is 9.59 Å². The number of carbonyl (C=O) groups excluding carboxylic acids is 2. The summed E-state index contributed by atoms with van der Waals surface area (Å²) >= 11 is 2.91. The lowest BCUT2D eigenvalue weighted by Gasteiger charge is -2.23. The molecule has 0 fully saturated rings. The van der Waals surface area contributed by atoms with Crippen LogP contribution in [0.25, 0.3) is 10.2 Å². The Balaban J connectivity index is 1.49. The third-order valence-corrected chi connectivity index (χ3v) is 7.98. The molecule has 5 rings (SSSR count). The number of hydrogen-bond donors (Lipinski definition) is 2. The van der Waals surface area contributed by atoms with Crippen LogP contribution in [0.3, 0.4) is 0 Å². The van der Waals surface area contributed by atoms with Crippen molar-refractivity contribution in [3.05, 3.63) is 34.5 Å². The second kappa shape index (κ2) is 8.37. The van der Waals surface area contributed by atoms with Crippen LogP contribution in [0.4, 0.5) is 11.5 Å². The Morgan fingerprint density at radius 1 is 1.28 bits per heavy atom. The van der Waals surface area contributed by atoms with Gasteiger partial charge in [0.05, 0.1) is 18.2 Å². The van der Waals surface area contributed by atoms with Crippen molar-refractivity contribution in [1.82, 2.24) is 15.3 Å². The summed E-state index contributed by atoms with van der Waals surface area (Å²) in [4.78, 5) is 36.5. The summed E-state index contributed by atoms with van der Waals surface area (Å²) < 4.78 is 5.59. The third kappa shape index (κ3) is 3.84. The number of fused-ring (bicyclic) bond motifs is 4. The van der Waals surface area contributed by atoms with Crippen LogP contribution in [-0.4, -0.2) is 34.1 Å². The van der Waals surface area contributed by atoms with Crippen molar-refractivity contribution in [2.24, 2.45) is 5.92 Å². The van der Waals surface area contributed by atoms with Crippen LogP contribution >= 0.6 is 23.1 Å². The lowest BCUT2D eigenvalue weighted by atomic mass is 9.87. The Bertz CT molecular complexity index is 1240. The molecule has 2 aliphatic rings. The number of aromatic nitrogens is 2. The number of nitrogens with one attached hydrogen (secondary N) is 2. The number of nitrogens with zero attached hydrogens (tertiary/aromatic N) is 2. The number of thiophene rings is 1. The molecule has 3 aromatic rings. The predicted octanol–water partition coefficient (Wildman–Crippen LogP) is 4.25. The lowest BCUT2D eigenvalue weighted by molar-refractivity contribution is -0.125. The number of hydrogen-bond acceptors (Lipinski definition) is 8. The molecule has 1 atom stereocenters. The van der Waals surface area contributed by atoms with Gasteiger partial charge in [0.25, 0.3) is 0 Å². The maximum Gasteiger partial charge on any atom is 0.223 e. The lowest BCUT2D eigenvalue weighted by Crippen LogP contribution is -2.37. The predicted molar refractivity (Wildman–Crippen MR) is 127 cm³/mol. The second-order valence-corrected chi connectivity index (χ2v) is 10.6. The smallest absolute Gasteiger partial charge is 0.223 e. The number of ether oxygens (including phenoxy) is 1. The summed E-state index contributed by atoms with van der Waals surface area (Å²) in [5, 5.41) is 7.64. The molecular weight excluding hydrogens is 444 g/mol. The molecule has 1 aromatic carbocycles. The average Bonchev–Trinajstić information content (AvgIpc) is 3.31. The van der Waals surface area contributed by atoms with Gasteiger partial charge in [0.1, 0.15) is 22.7 Å². The second-order valence-electron chi connectivity index (χ2n) is 8.45. The zero-order valence-electron chi connectivity index (χ0n) is 18.2. The normalized spacial score (nSPS) is 17.4. The van der Waals surface area contributed by atoms with Gasteiger partial charge >= 0.3 is 0 Å². The maximum atomic E-state index is 12.5. The fraction of sp³-hybridized carbons (Fsp3) is 0.391. The fourth-order valence-corrected chi connectivity index (χ4v) is 6.55. The van der Waals surface area contributed by atoms with Gasteiger partial charge in [0.15, 0.2) is 5.12 Å². The summed E-state index contributed by atoms with van der Waals surface area (Å²) in [6.07, 6.45) is 4.35. The molecule has 32 heavy (non-hydrogen) atoms. The highest BCUT2D eigenvalue weighted by molar-refractivity contribution is 8.14. The molecule has 7 nitrogen and oxygen atoms in total. The highest BCUT2D eigenvalue weighted by Gasteiger charge is 2.30. The average molecular weight is 469 g/mol. The molecule has 0 bridgehead atoms. The molecule has 0 spiro atoms. The van der Waals surface area contributed by atoms with Gasteiger partial charge in [0.2, 0.25) is 5.91 Å². The molecule has 3 heterocycles. The van der Waals surface area contributed by atoms with E-state index in [1.54, 1.807) is 24.8 Å². The minimum Gasteiger partial charge on any atom is -0.495 e. The van der Waals surface area contributed by atoms with Crippen molar-refractivity contribution in [1.29, 1.82) is 0 Å². The van der Waals surface area contributed by atoms with Crippen LogP contribution in [0.1, 0.15) is 36.3 Å². The topological polar surface area (TPSA) is 93.2 Å². The molecule has 1 aliphatic heterocycles. The van der Waals surface area contributed by atoms with Gasteiger partial charge in [-0.1, -0.05) is 11.8 Å². The number of carbonyl (C=O) groups is 2. The van der Waals surface area contributed by atoms with E-state index in [0.717, 1.165) is 51.4 Å². The molecule has 166 valence electrons. The standard InChI is InChI=1S/C23H24N4O3S2/c1-11(2)26-22(29)12-4-5-14-18(7-12)32-23-20(14)21(24-10-25-23)27-15-9-17-13(6-16(15)30-3)8-19(28)31-17/h6,9-12H,4-5,7-8H2,1-3H3,(H,26,29)(H,24,25,27). The van der Waals surface area contributed by atoms with E-state index in [1.165, 1.54) is 22.2 Å². The molecule has 0 saturated carbocycles. The van der Waals surface area contributed by atoms with E-state index in [2.05, 4.69) is 20.6 Å². The number of benzene rings is 1. The number of methoxy groups -OCH3 is 1. The highest BCUT2D eigenvalue weighted by Crippen LogP contribution is 2.43. The monoisotopic (exact) mass is 468 g/mol. The van der Waals surface area contributed by atoms with Crippen molar-refractivity contribution in [2.75, 3.05) is 12.4 Å². The van der Waals surface area contributed by atoms with Crippen molar-refractivity contribution in [3.63, 3.8) is 0 Å². The number of rotatable bonds is 5. The number of anilines is 2. The van der Waals surface area contributed by atoms with Crippen molar-refractivity contribution in [2.45, 2.75) is 50.5 Å². The van der Waals surface area contributed by atoms with Gasteiger partial charge in [-0.3, -0.25) is 9.59 Å². The summed E-state index contributed by atoms with van der Waals surface area (Å²) in [6.45, 7) is 3.97. The molecule has 0 radical (unpaired) electrons. The molecule has 2 N–H and O–H groups in total. The fourth-order valence-electron chi connectivity index (χ4n) is 4.37. The van der Waals surface area contributed by atoms with E-state index in [0.29, 0.717) is 12.2 Å². The minimum absolute atomic E-state index is 0.00584. The molecule has 9 heteroatoms. The van der Waals surface area contributed by atoms with E-state index < -0.39 is 0 Å². The van der Waals surface area contributed by atoms with Gasteiger partial charge < -0.3 is 15.4 Å². The molecule has 1 amide bonds. The van der Waals surface area contributed by atoms with E-state index in [4.69, 9.17) is 4.74 Å². The summed E-state index contributed by atoms with van der Waals surface area (Å²) in [7, 11) is 1.63. The highest BCUT2D eigenvalue weighted by atomic mass is 32.2. The number of thioether (sulfide) groups is 1. The first-order valence-electron chi connectivity index (χ1n) is 10.7. The Labute approximate surface area is 194 Å². The maximum absolute atomic E-state index is 12.5. The quantitative estimate of drug-likeness (QED) is 0.578. The van der Waals surface area contributed by atoms with E-state index >= 15 is 0 Å². The first-order chi connectivity index (χ1) is 15.4. The SMILES string of the molecule is COc1cc2c(cc1Nc1ncnc3sc4c(c13)CCC(C(=O)NC(C)C)C4)SC(=O)C2. The van der Waals surface area contributed by atoms with Crippen LogP contribution in [-0.2, 0) is 28.9 Å². The van der Waals surface area contributed by atoms with Crippen LogP contribution in [0.2, 0.25) is 0 Å². The molecule has 1 aliphatic carbocycles. The number of aryl methyl sites for hydroxylation is 1. The number of amides is 1. The zero-order valence-corrected chi connectivity index (χ0v) is 19.8. The largest absolute Gasteiger partial charge is 0.495 e. The third-order valence-electron chi connectivity index (χ3n) is 5.84. The van der Waals surface area contributed by atoms with Gasteiger partial charge in [0, 0.05) is 28.2 Å². The first-order valence-corrected chi connectivity index (χ1v) is 12.3. The Kier molecular flexibility index (Phi) is 5.54. The molecular formula is C23H24N4O3S2. The minimum atomic E-state index is -0.00584.